The summed E-state index contributed by atoms with van der Waals surface area (Å²) in [6.45, 7) is 1.00. The van der Waals surface area contributed by atoms with Crippen molar-refractivity contribution in [3.8, 4) is 0 Å². The molecule has 1 saturated heterocycles. The molecule has 7 heteroatoms. The molecule has 0 aliphatic carbocycles. The highest BCUT2D eigenvalue weighted by Gasteiger charge is 2.26. The highest BCUT2D eigenvalue weighted by atomic mass is 19.1. The van der Waals surface area contributed by atoms with E-state index in [1.807, 2.05) is 0 Å². The first kappa shape index (κ1) is 14.6. The topological polar surface area (TPSA) is 66.6 Å². The van der Waals surface area contributed by atoms with Crippen molar-refractivity contribution in [2.45, 2.75) is 19.3 Å². The van der Waals surface area contributed by atoms with Crippen LogP contribution in [0.5, 0.6) is 0 Å². The summed E-state index contributed by atoms with van der Waals surface area (Å²) in [6.07, 6.45) is 2.28. The highest BCUT2D eigenvalue weighted by Crippen LogP contribution is 2.31. The average Bonchev–Trinajstić information content (AvgIpc) is 2.38. The van der Waals surface area contributed by atoms with E-state index >= 15 is 0 Å². The molecule has 2 rings (SSSR count). The lowest BCUT2D eigenvalue weighted by molar-refractivity contribution is -0.385. The van der Waals surface area contributed by atoms with Gasteiger partial charge >= 0.3 is 0 Å². The highest BCUT2D eigenvalue weighted by molar-refractivity contribution is 5.54. The number of rotatable bonds is 4. The van der Waals surface area contributed by atoms with Crippen molar-refractivity contribution in [3.05, 3.63) is 33.9 Å². The molecule has 0 saturated carbocycles. The SMILES string of the molecule is O=[N+]([O-])c1cc(F)c(N2CCCC(CCO)C2)c(F)c1. The first-order chi connectivity index (χ1) is 9.52. The Morgan fingerprint density at radius 1 is 1.40 bits per heavy atom. The molecular weight excluding hydrogens is 270 g/mol. The van der Waals surface area contributed by atoms with Gasteiger partial charge in [-0.05, 0) is 25.2 Å². The van der Waals surface area contributed by atoms with Gasteiger partial charge in [0.15, 0.2) is 11.6 Å². The van der Waals surface area contributed by atoms with Crippen molar-refractivity contribution < 1.29 is 18.8 Å². The van der Waals surface area contributed by atoms with Crippen LogP contribution >= 0.6 is 0 Å². The molecule has 0 radical (unpaired) electrons. The van der Waals surface area contributed by atoms with Crippen molar-refractivity contribution in [2.24, 2.45) is 5.92 Å². The molecule has 0 aromatic heterocycles. The molecular formula is C13H16F2N2O3. The summed E-state index contributed by atoms with van der Waals surface area (Å²) in [5.74, 6) is -1.65. The maximum Gasteiger partial charge on any atom is 0.275 e. The normalized spacial score (nSPS) is 19.1. The van der Waals surface area contributed by atoms with Gasteiger partial charge in [0.1, 0.15) is 5.69 Å². The van der Waals surface area contributed by atoms with E-state index in [2.05, 4.69) is 0 Å². The fourth-order valence-electron chi connectivity index (χ4n) is 2.65. The van der Waals surface area contributed by atoms with Gasteiger partial charge in [0.25, 0.3) is 5.69 Å². The number of aliphatic hydroxyl groups excluding tert-OH is 1. The third-order valence-electron chi connectivity index (χ3n) is 3.59. The van der Waals surface area contributed by atoms with Crippen LogP contribution in [-0.4, -0.2) is 29.7 Å². The Labute approximate surface area is 115 Å². The van der Waals surface area contributed by atoms with Crippen LogP contribution in [0.1, 0.15) is 19.3 Å². The van der Waals surface area contributed by atoms with Gasteiger partial charge in [-0.2, -0.15) is 0 Å². The van der Waals surface area contributed by atoms with E-state index in [1.54, 1.807) is 4.90 Å². The monoisotopic (exact) mass is 286 g/mol. The van der Waals surface area contributed by atoms with Crippen molar-refractivity contribution in [1.82, 2.24) is 0 Å². The van der Waals surface area contributed by atoms with E-state index in [9.17, 15) is 18.9 Å². The zero-order valence-corrected chi connectivity index (χ0v) is 10.9. The quantitative estimate of drug-likeness (QED) is 0.682. The second-order valence-electron chi connectivity index (χ2n) is 4.98. The third-order valence-corrected chi connectivity index (χ3v) is 3.59. The van der Waals surface area contributed by atoms with E-state index in [0.29, 0.717) is 19.5 Å². The zero-order chi connectivity index (χ0) is 14.7. The Balaban J connectivity index is 2.26. The molecule has 1 aliphatic heterocycles. The molecule has 0 amide bonds. The minimum atomic E-state index is -0.915. The number of piperidine rings is 1. The van der Waals surface area contributed by atoms with Crippen molar-refractivity contribution >= 4 is 11.4 Å². The molecule has 1 aliphatic rings. The number of hydrogen-bond acceptors (Lipinski definition) is 4. The van der Waals surface area contributed by atoms with Crippen LogP contribution in [-0.2, 0) is 0 Å². The lowest BCUT2D eigenvalue weighted by Crippen LogP contribution is -2.36. The lowest BCUT2D eigenvalue weighted by Gasteiger charge is -2.34. The summed E-state index contributed by atoms with van der Waals surface area (Å²) in [4.78, 5) is 11.3. The molecule has 1 N–H and O–H groups in total. The number of aliphatic hydroxyl groups is 1. The number of non-ortho nitro benzene ring substituents is 1. The van der Waals surface area contributed by atoms with Crippen LogP contribution in [0, 0.1) is 27.7 Å². The summed E-state index contributed by atoms with van der Waals surface area (Å²) in [5.41, 5.74) is -0.800. The van der Waals surface area contributed by atoms with Gasteiger partial charge in [-0.1, -0.05) is 0 Å². The molecule has 1 fully saturated rings. The maximum absolute atomic E-state index is 13.9. The number of benzene rings is 1. The standard InChI is InChI=1S/C13H16F2N2O3/c14-11-6-10(17(19)20)7-12(15)13(11)16-4-1-2-9(8-16)3-5-18/h6-7,9,18H,1-5,8H2. The lowest BCUT2D eigenvalue weighted by atomic mass is 9.94. The number of nitrogens with zero attached hydrogens (tertiary/aromatic N) is 2. The molecule has 5 nitrogen and oxygen atoms in total. The number of anilines is 1. The smallest absolute Gasteiger partial charge is 0.275 e. The Morgan fingerprint density at radius 2 is 2.05 bits per heavy atom. The summed E-state index contributed by atoms with van der Waals surface area (Å²) < 4.78 is 27.9. The molecule has 20 heavy (non-hydrogen) atoms. The summed E-state index contributed by atoms with van der Waals surface area (Å²) in [7, 11) is 0. The largest absolute Gasteiger partial charge is 0.396 e. The van der Waals surface area contributed by atoms with E-state index in [-0.39, 0.29) is 18.2 Å². The molecule has 1 aromatic rings. The molecule has 0 spiro atoms. The molecule has 1 aromatic carbocycles. The van der Waals surface area contributed by atoms with Gasteiger partial charge in [-0.3, -0.25) is 10.1 Å². The summed E-state index contributed by atoms with van der Waals surface area (Å²) >= 11 is 0. The predicted octanol–water partition coefficient (Wildman–Crippen LogP) is 2.47. The minimum Gasteiger partial charge on any atom is -0.396 e. The summed E-state index contributed by atoms with van der Waals surface area (Å²) in [5, 5.41) is 19.5. The average molecular weight is 286 g/mol. The van der Waals surface area contributed by atoms with Crippen molar-refractivity contribution in [1.29, 1.82) is 0 Å². The van der Waals surface area contributed by atoms with Crippen molar-refractivity contribution in [3.63, 3.8) is 0 Å². The second kappa shape index (κ2) is 6.13. The Hall–Kier alpha value is -1.76. The fraction of sp³-hybridized carbons (Fsp3) is 0.538. The Bertz CT molecular complexity index is 485. The van der Waals surface area contributed by atoms with E-state index < -0.39 is 22.2 Å². The van der Waals surface area contributed by atoms with Gasteiger partial charge in [-0.25, -0.2) is 8.78 Å². The van der Waals surface area contributed by atoms with Crippen LogP contribution in [0.4, 0.5) is 20.2 Å². The molecule has 0 bridgehead atoms. The molecule has 1 heterocycles. The molecule has 1 atom stereocenters. The zero-order valence-electron chi connectivity index (χ0n) is 10.9. The first-order valence-electron chi connectivity index (χ1n) is 6.52. The predicted molar refractivity (Wildman–Crippen MR) is 69.7 cm³/mol. The number of nitro groups is 1. The molecule has 1 unspecified atom stereocenters. The maximum atomic E-state index is 13.9. The Kier molecular flexibility index (Phi) is 4.49. The third kappa shape index (κ3) is 3.04. The van der Waals surface area contributed by atoms with E-state index in [1.165, 1.54) is 0 Å². The Morgan fingerprint density at radius 3 is 2.60 bits per heavy atom. The van der Waals surface area contributed by atoms with Gasteiger partial charge in [0, 0.05) is 19.7 Å². The van der Waals surface area contributed by atoms with E-state index in [0.717, 1.165) is 25.0 Å². The van der Waals surface area contributed by atoms with Gasteiger partial charge in [-0.15, -0.1) is 0 Å². The van der Waals surface area contributed by atoms with Gasteiger partial charge < -0.3 is 10.0 Å². The molecule has 110 valence electrons. The number of hydrogen-bond donors (Lipinski definition) is 1. The van der Waals surface area contributed by atoms with Crippen LogP contribution in [0.15, 0.2) is 12.1 Å². The van der Waals surface area contributed by atoms with Crippen molar-refractivity contribution in [2.75, 3.05) is 24.6 Å². The van der Waals surface area contributed by atoms with Crippen LogP contribution in [0.25, 0.3) is 0 Å². The second-order valence-corrected chi connectivity index (χ2v) is 4.98. The van der Waals surface area contributed by atoms with E-state index in [4.69, 9.17) is 5.11 Å². The van der Waals surface area contributed by atoms with Gasteiger partial charge in [0.05, 0.1) is 17.1 Å². The number of nitro benzene ring substituents is 1. The van der Waals surface area contributed by atoms with Gasteiger partial charge in [0.2, 0.25) is 0 Å². The van der Waals surface area contributed by atoms with Crippen LogP contribution in [0.3, 0.4) is 0 Å². The first-order valence-corrected chi connectivity index (χ1v) is 6.52. The fourth-order valence-corrected chi connectivity index (χ4v) is 2.65. The van der Waals surface area contributed by atoms with Crippen LogP contribution < -0.4 is 4.90 Å². The van der Waals surface area contributed by atoms with Crippen LogP contribution in [0.2, 0.25) is 0 Å². The summed E-state index contributed by atoms with van der Waals surface area (Å²) in [6, 6.07) is 1.49. The minimum absolute atomic E-state index is 0.0454. The number of halogens is 2.